The van der Waals surface area contributed by atoms with E-state index in [2.05, 4.69) is 5.10 Å². The van der Waals surface area contributed by atoms with Crippen LogP contribution in [0, 0.1) is 5.92 Å². The van der Waals surface area contributed by atoms with E-state index in [1.165, 1.54) is 4.68 Å². The Kier molecular flexibility index (Phi) is 2.81. The summed E-state index contributed by atoms with van der Waals surface area (Å²) < 4.78 is 28.9. The third-order valence-electron chi connectivity index (χ3n) is 5.36. The number of nitrogens with two attached hydrogens (primary N) is 1. The summed E-state index contributed by atoms with van der Waals surface area (Å²) in [5, 5.41) is 4.69. The molecule has 6 nitrogen and oxygen atoms in total. The van der Waals surface area contributed by atoms with Crippen molar-refractivity contribution in [3.05, 3.63) is 11.8 Å². The van der Waals surface area contributed by atoms with Crippen molar-refractivity contribution < 1.29 is 8.42 Å². The van der Waals surface area contributed by atoms with Crippen LogP contribution < -0.4 is 5.73 Å². The van der Waals surface area contributed by atoms with Gasteiger partial charge >= 0.3 is 0 Å². The zero-order valence-electron chi connectivity index (χ0n) is 12.3. The highest BCUT2D eigenvalue weighted by molar-refractivity contribution is 7.89. The van der Waals surface area contributed by atoms with Gasteiger partial charge in [-0.2, -0.15) is 9.40 Å². The summed E-state index contributed by atoms with van der Waals surface area (Å²) in [5.74, 6) is 0.766. The Bertz CT molecular complexity index is 679. The molecule has 2 atom stereocenters. The summed E-state index contributed by atoms with van der Waals surface area (Å²) >= 11 is 0. The van der Waals surface area contributed by atoms with Gasteiger partial charge in [0.1, 0.15) is 0 Å². The van der Waals surface area contributed by atoms with E-state index in [9.17, 15) is 8.42 Å². The third kappa shape index (κ3) is 2.05. The van der Waals surface area contributed by atoms with E-state index in [1.807, 2.05) is 0 Å². The molecule has 3 fully saturated rings. The molecule has 2 aliphatic carbocycles. The Hall–Kier alpha value is -0.920. The van der Waals surface area contributed by atoms with Crippen molar-refractivity contribution in [3.8, 4) is 0 Å². The van der Waals surface area contributed by atoms with E-state index < -0.39 is 10.0 Å². The van der Waals surface area contributed by atoms with Gasteiger partial charge in [-0.25, -0.2) is 8.42 Å². The molecule has 0 radical (unpaired) electrons. The lowest BCUT2D eigenvalue weighted by atomic mass is 9.92. The van der Waals surface area contributed by atoms with E-state index in [-0.39, 0.29) is 5.54 Å². The van der Waals surface area contributed by atoms with Gasteiger partial charge in [-0.3, -0.25) is 4.68 Å². The van der Waals surface area contributed by atoms with Gasteiger partial charge in [0, 0.05) is 37.7 Å². The number of sulfonamides is 1. The minimum Gasteiger partial charge on any atom is -0.324 e. The number of aromatic nitrogens is 2. The summed E-state index contributed by atoms with van der Waals surface area (Å²) in [6.45, 7) is 1.01. The van der Waals surface area contributed by atoms with Gasteiger partial charge in [-0.1, -0.05) is 6.42 Å². The minimum absolute atomic E-state index is 0.309. The summed E-state index contributed by atoms with van der Waals surface area (Å²) in [6.07, 6.45) is 5.33. The van der Waals surface area contributed by atoms with Gasteiger partial charge < -0.3 is 5.73 Å². The fourth-order valence-electron chi connectivity index (χ4n) is 3.90. The quantitative estimate of drug-likeness (QED) is 0.895. The monoisotopic (exact) mass is 310 g/mol. The molecular formula is C14H22N4O2S. The lowest BCUT2D eigenvalue weighted by Gasteiger charge is -2.22. The fourth-order valence-corrected chi connectivity index (χ4v) is 5.59. The molecule has 116 valence electrons. The topological polar surface area (TPSA) is 81.2 Å². The highest BCUT2D eigenvalue weighted by Crippen LogP contribution is 2.43. The molecule has 7 heteroatoms. The Balaban J connectivity index is 1.65. The predicted molar refractivity (Wildman–Crippen MR) is 78.2 cm³/mol. The largest absolute Gasteiger partial charge is 0.324 e. The van der Waals surface area contributed by atoms with Crippen LogP contribution in [0.2, 0.25) is 0 Å². The van der Waals surface area contributed by atoms with E-state index in [1.54, 1.807) is 17.4 Å². The van der Waals surface area contributed by atoms with Gasteiger partial charge in [0.15, 0.2) is 5.03 Å². The second-order valence-corrected chi connectivity index (χ2v) is 8.81. The second kappa shape index (κ2) is 4.30. The van der Waals surface area contributed by atoms with Crippen molar-refractivity contribution in [2.24, 2.45) is 18.7 Å². The van der Waals surface area contributed by atoms with Crippen LogP contribution in [0.4, 0.5) is 0 Å². The molecule has 2 saturated carbocycles. The van der Waals surface area contributed by atoms with Crippen LogP contribution in [0.5, 0.6) is 0 Å². The van der Waals surface area contributed by atoms with Crippen LogP contribution in [0.25, 0.3) is 0 Å². The third-order valence-corrected chi connectivity index (χ3v) is 7.23. The standard InChI is InChI=1S/C14H22N4O2S/c1-17-13(7-12(16-17)10-4-5-10)21(19,20)18-8-11-3-2-6-14(11,15)9-18/h7,10-11H,2-6,8-9,15H2,1H3. The molecule has 2 N–H and O–H groups in total. The molecule has 1 saturated heterocycles. The summed E-state index contributed by atoms with van der Waals surface area (Å²) in [5.41, 5.74) is 7.00. The summed E-state index contributed by atoms with van der Waals surface area (Å²) in [6, 6.07) is 1.75. The molecule has 0 spiro atoms. The molecule has 2 heterocycles. The molecule has 1 aromatic heterocycles. The first-order valence-corrected chi connectivity index (χ1v) is 9.17. The summed E-state index contributed by atoms with van der Waals surface area (Å²) in [4.78, 5) is 0. The van der Waals surface area contributed by atoms with E-state index >= 15 is 0 Å². The maximum atomic E-state index is 12.9. The molecule has 0 aromatic carbocycles. The van der Waals surface area contributed by atoms with Crippen LogP contribution in [-0.4, -0.2) is 41.1 Å². The Labute approximate surface area is 125 Å². The van der Waals surface area contributed by atoms with Crippen molar-refractivity contribution in [3.63, 3.8) is 0 Å². The van der Waals surface area contributed by atoms with Gasteiger partial charge in [-0.05, 0) is 31.6 Å². The smallest absolute Gasteiger partial charge is 0.260 e. The maximum Gasteiger partial charge on any atom is 0.260 e. The first kappa shape index (κ1) is 13.7. The molecule has 0 bridgehead atoms. The van der Waals surface area contributed by atoms with Crippen LogP contribution in [0.1, 0.15) is 43.7 Å². The molecule has 1 aromatic rings. The molecule has 4 rings (SSSR count). The minimum atomic E-state index is -3.48. The predicted octanol–water partition coefficient (Wildman–Crippen LogP) is 0.799. The SMILES string of the molecule is Cn1nc(C2CC2)cc1S(=O)(=O)N1CC2CCCC2(N)C1. The first-order chi connectivity index (χ1) is 9.90. The van der Waals surface area contributed by atoms with Crippen LogP contribution in [0.15, 0.2) is 11.1 Å². The van der Waals surface area contributed by atoms with Gasteiger partial charge in [0.25, 0.3) is 10.0 Å². The number of hydrogen-bond donors (Lipinski definition) is 1. The zero-order valence-corrected chi connectivity index (χ0v) is 13.1. The number of fused-ring (bicyclic) bond motifs is 1. The van der Waals surface area contributed by atoms with Crippen molar-refractivity contribution in [2.45, 2.75) is 48.6 Å². The van der Waals surface area contributed by atoms with E-state index in [0.29, 0.717) is 30.0 Å². The zero-order chi connectivity index (χ0) is 14.8. The van der Waals surface area contributed by atoms with Crippen LogP contribution in [0.3, 0.4) is 0 Å². The average molecular weight is 310 g/mol. The van der Waals surface area contributed by atoms with Crippen molar-refractivity contribution in [1.82, 2.24) is 14.1 Å². The lowest BCUT2D eigenvalue weighted by Crippen LogP contribution is -2.45. The van der Waals surface area contributed by atoms with E-state index in [4.69, 9.17) is 5.73 Å². The molecular weight excluding hydrogens is 288 g/mol. The number of rotatable bonds is 3. The van der Waals surface area contributed by atoms with Crippen LogP contribution >= 0.6 is 0 Å². The van der Waals surface area contributed by atoms with Gasteiger partial charge in [-0.15, -0.1) is 0 Å². The molecule has 2 unspecified atom stereocenters. The fraction of sp³-hybridized carbons (Fsp3) is 0.786. The normalized spacial score (nSPS) is 33.5. The highest BCUT2D eigenvalue weighted by Gasteiger charge is 2.50. The lowest BCUT2D eigenvalue weighted by molar-refractivity contribution is 0.393. The van der Waals surface area contributed by atoms with Gasteiger partial charge in [0.05, 0.1) is 5.69 Å². The Morgan fingerprint density at radius 2 is 2.14 bits per heavy atom. The van der Waals surface area contributed by atoms with Gasteiger partial charge in [0.2, 0.25) is 0 Å². The number of nitrogens with zero attached hydrogens (tertiary/aromatic N) is 3. The Morgan fingerprint density at radius 1 is 1.38 bits per heavy atom. The number of hydrogen-bond acceptors (Lipinski definition) is 4. The van der Waals surface area contributed by atoms with E-state index in [0.717, 1.165) is 37.8 Å². The second-order valence-electron chi connectivity index (χ2n) is 6.93. The van der Waals surface area contributed by atoms with Crippen molar-refractivity contribution in [1.29, 1.82) is 0 Å². The molecule has 1 aliphatic heterocycles. The first-order valence-electron chi connectivity index (χ1n) is 7.73. The average Bonchev–Trinajstić information content (AvgIpc) is 2.96. The maximum absolute atomic E-state index is 12.9. The number of aryl methyl sites for hydroxylation is 1. The Morgan fingerprint density at radius 3 is 2.81 bits per heavy atom. The van der Waals surface area contributed by atoms with Crippen molar-refractivity contribution in [2.75, 3.05) is 13.1 Å². The van der Waals surface area contributed by atoms with Crippen LogP contribution in [-0.2, 0) is 17.1 Å². The molecule has 3 aliphatic rings. The summed E-state index contributed by atoms with van der Waals surface area (Å²) in [7, 11) is -1.76. The molecule has 0 amide bonds. The molecule has 21 heavy (non-hydrogen) atoms. The van der Waals surface area contributed by atoms with Crippen molar-refractivity contribution >= 4 is 10.0 Å². The highest BCUT2D eigenvalue weighted by atomic mass is 32.2.